The first-order valence-electron chi connectivity index (χ1n) is 20.0. The molecule has 0 unspecified atom stereocenters. The molecule has 6 aromatic rings. The Hall–Kier alpha value is -4.56. The highest BCUT2D eigenvalue weighted by atomic mass is 16.5. The van der Waals surface area contributed by atoms with E-state index >= 15 is 0 Å². The first-order valence-corrected chi connectivity index (χ1v) is 20.0. The highest BCUT2D eigenvalue weighted by molar-refractivity contribution is 5.10. The van der Waals surface area contributed by atoms with Crippen LogP contribution in [0.2, 0.25) is 0 Å². The van der Waals surface area contributed by atoms with Gasteiger partial charge in [0.25, 0.3) is 0 Å². The number of unbranched alkanes of at least 4 members (excludes halogenated alkanes) is 1. The third kappa shape index (κ3) is 17.2. The third-order valence-corrected chi connectivity index (χ3v) is 8.49. The van der Waals surface area contributed by atoms with E-state index in [0.29, 0.717) is 57.6 Å². The lowest BCUT2D eigenvalue weighted by Gasteiger charge is -2.00. The van der Waals surface area contributed by atoms with Crippen molar-refractivity contribution in [3.8, 4) is 0 Å². The predicted molar refractivity (Wildman–Crippen MR) is 212 cm³/mol. The van der Waals surface area contributed by atoms with Crippen LogP contribution in [0.5, 0.6) is 0 Å². The summed E-state index contributed by atoms with van der Waals surface area (Å²) in [5.41, 5.74) is 0. The zero-order valence-corrected chi connectivity index (χ0v) is 33.7. The summed E-state index contributed by atoms with van der Waals surface area (Å²) in [6.45, 7) is 9.09. The van der Waals surface area contributed by atoms with Crippen LogP contribution < -0.4 is 0 Å². The second-order valence-corrected chi connectivity index (χ2v) is 13.4. The molecule has 0 spiro atoms. The van der Waals surface area contributed by atoms with E-state index in [4.69, 9.17) is 56.0 Å². The number of ether oxygens (including phenoxy) is 3. The van der Waals surface area contributed by atoms with E-state index in [2.05, 4.69) is 13.8 Å². The first-order chi connectivity index (χ1) is 27.9. The summed E-state index contributed by atoms with van der Waals surface area (Å²) < 4.78 is 49.8. The maximum absolute atomic E-state index is 8.83. The van der Waals surface area contributed by atoms with Crippen LogP contribution in [0, 0.1) is 0 Å². The highest BCUT2D eigenvalue weighted by Crippen LogP contribution is 2.17. The first kappa shape index (κ1) is 45.1. The van der Waals surface area contributed by atoms with Crippen LogP contribution >= 0.6 is 0 Å². The molecule has 0 aliphatic heterocycles. The largest absolute Gasteiger partial charge is 0.464 e. The van der Waals surface area contributed by atoms with Gasteiger partial charge in [0.1, 0.15) is 115 Å². The Morgan fingerprint density at radius 1 is 0.351 bits per heavy atom. The molecule has 6 rings (SSSR count). The molecule has 0 radical (unpaired) electrons. The molecule has 12 heteroatoms. The zero-order chi connectivity index (χ0) is 40.5. The summed E-state index contributed by atoms with van der Waals surface area (Å²) in [4.78, 5) is 0. The predicted octanol–water partition coefficient (Wildman–Crippen LogP) is 9.58. The van der Waals surface area contributed by atoms with Gasteiger partial charge in [-0.1, -0.05) is 27.2 Å². The number of rotatable bonds is 24. The van der Waals surface area contributed by atoms with Gasteiger partial charge in [0, 0.05) is 38.7 Å². The standard InChI is InChI=1S/C17H24O4.C15H20O4.C13H16O4/c1-2-3-5-14-7-9-16(20-14)12-19-13-17-10-8-15(21-17)6-4-11-18;1-2-3-12-4-6-14(18-12)10-17-11-15-7-5-13(19-15)8-9-16;1-2-10-3-5-12(16-10)8-15-9-13-6-4-11(7-14)17-13/h7-10,18H,2-6,11-13H2,1H3;4-7,16H,2-3,8-11H2,1H3;3-6,14H,2,7-9H2,1H3. The molecule has 0 fully saturated rings. The molecule has 12 nitrogen and oxygen atoms in total. The van der Waals surface area contributed by atoms with Crippen LogP contribution in [-0.4, -0.2) is 28.5 Å². The topological polar surface area (TPSA) is 167 Å². The second-order valence-electron chi connectivity index (χ2n) is 13.4. The molecule has 3 N–H and O–H groups in total. The van der Waals surface area contributed by atoms with E-state index in [0.717, 1.165) is 103 Å². The summed E-state index contributed by atoms with van der Waals surface area (Å²) in [6.07, 6.45) is 8.26. The van der Waals surface area contributed by atoms with Crippen molar-refractivity contribution in [3.05, 3.63) is 142 Å². The number of hydrogen-bond acceptors (Lipinski definition) is 12. The monoisotopic (exact) mass is 792 g/mol. The molecule has 6 aromatic heterocycles. The number of aliphatic hydroxyl groups is 3. The summed E-state index contributed by atoms with van der Waals surface area (Å²) in [5.74, 6) is 10.0. The molecular formula is C45H60O12. The number of furan rings is 6. The second kappa shape index (κ2) is 26.4. The Morgan fingerprint density at radius 2 is 0.684 bits per heavy atom. The lowest BCUT2D eigenvalue weighted by atomic mass is 10.2. The highest BCUT2D eigenvalue weighted by Gasteiger charge is 2.08. The Kier molecular flexibility index (Phi) is 20.9. The fourth-order valence-electron chi connectivity index (χ4n) is 5.53. The molecule has 0 aliphatic carbocycles. The van der Waals surface area contributed by atoms with Crippen molar-refractivity contribution < 1.29 is 56.0 Å². The van der Waals surface area contributed by atoms with Crippen molar-refractivity contribution in [3.63, 3.8) is 0 Å². The fraction of sp³-hybridized carbons (Fsp3) is 0.467. The van der Waals surface area contributed by atoms with Gasteiger partial charge >= 0.3 is 0 Å². The van der Waals surface area contributed by atoms with E-state index in [1.165, 1.54) is 6.42 Å². The van der Waals surface area contributed by atoms with Crippen LogP contribution in [0.1, 0.15) is 116 Å². The van der Waals surface area contributed by atoms with Gasteiger partial charge in [-0.15, -0.1) is 0 Å². The SMILES string of the molecule is CCCCc1ccc(COCc2ccc(CCCO)o2)o1.CCCc1ccc(COCc2ccc(CCO)o2)o1.CCc1ccc(COCc2ccc(CO)o2)o1. The molecule has 0 aromatic carbocycles. The number of hydrogen-bond donors (Lipinski definition) is 3. The minimum Gasteiger partial charge on any atom is -0.464 e. The molecule has 0 saturated heterocycles. The number of aliphatic hydroxyl groups excluding tert-OH is 3. The Balaban J connectivity index is 0.000000190. The van der Waals surface area contributed by atoms with Gasteiger partial charge in [-0.2, -0.15) is 0 Å². The molecule has 0 atom stereocenters. The van der Waals surface area contributed by atoms with Crippen molar-refractivity contribution in [2.75, 3.05) is 13.2 Å². The molecule has 0 aliphatic rings. The average molecular weight is 793 g/mol. The molecule has 0 bridgehead atoms. The Bertz CT molecular complexity index is 1750. The Morgan fingerprint density at radius 3 is 1.02 bits per heavy atom. The van der Waals surface area contributed by atoms with E-state index in [1.54, 1.807) is 12.1 Å². The fourth-order valence-corrected chi connectivity index (χ4v) is 5.53. The minimum atomic E-state index is -0.0853. The van der Waals surface area contributed by atoms with E-state index in [-0.39, 0.29) is 19.8 Å². The van der Waals surface area contributed by atoms with E-state index < -0.39 is 0 Å². The van der Waals surface area contributed by atoms with Crippen molar-refractivity contribution in [2.45, 2.75) is 125 Å². The van der Waals surface area contributed by atoms with Crippen molar-refractivity contribution in [2.24, 2.45) is 0 Å². The molecule has 0 amide bonds. The zero-order valence-electron chi connectivity index (χ0n) is 33.7. The number of aryl methyl sites for hydroxylation is 4. The van der Waals surface area contributed by atoms with Crippen molar-refractivity contribution >= 4 is 0 Å². The van der Waals surface area contributed by atoms with E-state index in [9.17, 15) is 0 Å². The normalized spacial score (nSPS) is 11.1. The van der Waals surface area contributed by atoms with Crippen molar-refractivity contribution in [1.82, 2.24) is 0 Å². The molecule has 57 heavy (non-hydrogen) atoms. The maximum atomic E-state index is 8.83. The van der Waals surface area contributed by atoms with Crippen molar-refractivity contribution in [1.29, 1.82) is 0 Å². The third-order valence-electron chi connectivity index (χ3n) is 8.49. The van der Waals surface area contributed by atoms with E-state index in [1.807, 2.05) is 67.6 Å². The lowest BCUT2D eigenvalue weighted by Crippen LogP contribution is -1.92. The lowest BCUT2D eigenvalue weighted by molar-refractivity contribution is 0.0777. The smallest absolute Gasteiger partial charge is 0.130 e. The van der Waals surface area contributed by atoms with Gasteiger partial charge in [-0.3, -0.25) is 0 Å². The van der Waals surface area contributed by atoms with Crippen LogP contribution in [0.3, 0.4) is 0 Å². The maximum Gasteiger partial charge on any atom is 0.130 e. The van der Waals surface area contributed by atoms with Gasteiger partial charge in [0.15, 0.2) is 0 Å². The summed E-state index contributed by atoms with van der Waals surface area (Å²) in [6, 6.07) is 22.9. The van der Waals surface area contributed by atoms with Gasteiger partial charge in [-0.05, 0) is 92.1 Å². The van der Waals surface area contributed by atoms with Crippen LogP contribution in [0.15, 0.2) is 99.3 Å². The van der Waals surface area contributed by atoms with Crippen LogP contribution in [-0.2, 0) is 92.6 Å². The summed E-state index contributed by atoms with van der Waals surface area (Å²) in [5, 5.41) is 26.4. The summed E-state index contributed by atoms with van der Waals surface area (Å²) >= 11 is 0. The average Bonchev–Trinajstić information content (AvgIpc) is 4.09. The van der Waals surface area contributed by atoms with Gasteiger partial charge < -0.3 is 56.0 Å². The molecule has 6 heterocycles. The quantitative estimate of drug-likeness (QED) is 0.0532. The summed E-state index contributed by atoms with van der Waals surface area (Å²) in [7, 11) is 0. The molecule has 312 valence electrons. The van der Waals surface area contributed by atoms with Gasteiger partial charge in [0.05, 0.1) is 6.61 Å². The van der Waals surface area contributed by atoms with Crippen LogP contribution in [0.25, 0.3) is 0 Å². The molecular weight excluding hydrogens is 732 g/mol. The minimum absolute atomic E-state index is 0.0853. The van der Waals surface area contributed by atoms with Gasteiger partial charge in [0.2, 0.25) is 0 Å². The van der Waals surface area contributed by atoms with Crippen LogP contribution in [0.4, 0.5) is 0 Å². The van der Waals surface area contributed by atoms with Gasteiger partial charge in [-0.25, -0.2) is 0 Å². The molecule has 0 saturated carbocycles. The Labute approximate surface area is 335 Å².